The molecule has 2 aromatic carbocycles. The summed E-state index contributed by atoms with van der Waals surface area (Å²) in [5.41, 5.74) is 0.695. The number of para-hydroxylation sites is 1. The monoisotopic (exact) mass is 393 g/mol. The van der Waals surface area contributed by atoms with Gasteiger partial charge in [-0.3, -0.25) is 14.2 Å². The maximum Gasteiger partial charge on any atom is 0.330 e. The molecule has 3 aromatic rings. The quantitative estimate of drug-likeness (QED) is 0.612. The van der Waals surface area contributed by atoms with E-state index in [0.717, 1.165) is 6.42 Å². The summed E-state index contributed by atoms with van der Waals surface area (Å²) in [4.78, 5) is 42.1. The van der Waals surface area contributed by atoms with Crippen LogP contribution in [0.5, 0.6) is 0 Å². The van der Waals surface area contributed by atoms with E-state index in [4.69, 9.17) is 0 Å². The van der Waals surface area contributed by atoms with Crippen LogP contribution in [-0.4, -0.2) is 26.5 Å². The molecule has 0 saturated carbocycles. The van der Waals surface area contributed by atoms with Gasteiger partial charge < -0.3 is 10.4 Å². The van der Waals surface area contributed by atoms with Gasteiger partial charge in [0.2, 0.25) is 5.91 Å². The van der Waals surface area contributed by atoms with Crippen LogP contribution >= 0.6 is 0 Å². The second kappa shape index (κ2) is 9.14. The Hall–Kier alpha value is -3.48. The molecule has 0 bridgehead atoms. The maximum absolute atomic E-state index is 13.1. The Labute approximate surface area is 168 Å². The fourth-order valence-corrected chi connectivity index (χ4v) is 3.27. The second-order valence-electron chi connectivity index (χ2n) is 6.82. The summed E-state index contributed by atoms with van der Waals surface area (Å²) in [6, 6.07) is 13.4. The Kier molecular flexibility index (Phi) is 6.39. The molecule has 3 rings (SSSR count). The van der Waals surface area contributed by atoms with Gasteiger partial charge in [0.05, 0.1) is 17.2 Å². The van der Waals surface area contributed by atoms with E-state index in [1.165, 1.54) is 10.9 Å². The first kappa shape index (κ1) is 20.3. The van der Waals surface area contributed by atoms with E-state index in [9.17, 15) is 19.5 Å². The van der Waals surface area contributed by atoms with E-state index in [1.54, 1.807) is 54.6 Å². The Balaban J connectivity index is 1.96. The van der Waals surface area contributed by atoms with E-state index >= 15 is 0 Å². The number of fused-ring (bicyclic) bond motifs is 1. The number of nitrogens with one attached hydrogen (secondary N) is 1. The predicted molar refractivity (Wildman–Crippen MR) is 110 cm³/mol. The number of carboxylic acid groups (broad SMARTS) is 1. The van der Waals surface area contributed by atoms with Crippen molar-refractivity contribution < 1.29 is 14.7 Å². The normalized spacial score (nSPS) is 13.0. The van der Waals surface area contributed by atoms with Crippen molar-refractivity contribution in [2.45, 2.75) is 38.3 Å². The molecule has 1 heterocycles. The van der Waals surface area contributed by atoms with Crippen molar-refractivity contribution >= 4 is 22.8 Å². The highest BCUT2D eigenvalue weighted by Gasteiger charge is 2.28. The molecule has 150 valence electrons. The number of aliphatic carboxylic acids is 1. The summed E-state index contributed by atoms with van der Waals surface area (Å²) in [6.07, 6.45) is 3.31. The van der Waals surface area contributed by atoms with Gasteiger partial charge in [0.15, 0.2) is 6.04 Å². The van der Waals surface area contributed by atoms with Crippen LogP contribution in [0.3, 0.4) is 0 Å². The van der Waals surface area contributed by atoms with Crippen molar-refractivity contribution in [2.24, 2.45) is 0 Å². The topological polar surface area (TPSA) is 101 Å². The first-order chi connectivity index (χ1) is 14.0. The number of benzene rings is 2. The van der Waals surface area contributed by atoms with E-state index in [2.05, 4.69) is 10.3 Å². The molecule has 29 heavy (non-hydrogen) atoms. The number of aromatic nitrogens is 2. The van der Waals surface area contributed by atoms with Crippen LogP contribution in [0, 0.1) is 0 Å². The summed E-state index contributed by atoms with van der Waals surface area (Å²) in [5.74, 6) is -1.68. The Morgan fingerprint density at radius 3 is 2.48 bits per heavy atom. The van der Waals surface area contributed by atoms with Crippen molar-refractivity contribution in [1.82, 2.24) is 14.9 Å². The molecule has 1 aromatic heterocycles. The molecular formula is C22H23N3O4. The number of hydrogen-bond acceptors (Lipinski definition) is 4. The molecule has 0 aliphatic carbocycles. The Bertz CT molecular complexity index is 1060. The average molecular weight is 393 g/mol. The van der Waals surface area contributed by atoms with Crippen molar-refractivity contribution in [3.8, 4) is 0 Å². The van der Waals surface area contributed by atoms with E-state index in [1.807, 2.05) is 6.92 Å². The van der Waals surface area contributed by atoms with Gasteiger partial charge in [0.25, 0.3) is 5.56 Å². The van der Waals surface area contributed by atoms with Gasteiger partial charge in [-0.15, -0.1) is 0 Å². The molecule has 0 aliphatic rings. The van der Waals surface area contributed by atoms with Crippen molar-refractivity contribution in [3.05, 3.63) is 76.8 Å². The highest BCUT2D eigenvalue weighted by molar-refractivity contribution is 5.87. The lowest BCUT2D eigenvalue weighted by molar-refractivity contribution is -0.142. The SMILES string of the molecule is CCCCC(C(=O)NC(C(=O)O)c1ccccc1)n1cnc2ccccc2c1=O. The first-order valence-electron chi connectivity index (χ1n) is 9.57. The fourth-order valence-electron chi connectivity index (χ4n) is 3.27. The molecule has 0 aliphatic heterocycles. The molecule has 0 saturated heterocycles. The lowest BCUT2D eigenvalue weighted by atomic mass is 10.0. The summed E-state index contributed by atoms with van der Waals surface area (Å²) in [6.45, 7) is 1.99. The van der Waals surface area contributed by atoms with Gasteiger partial charge in [0.1, 0.15) is 6.04 Å². The molecule has 0 fully saturated rings. The zero-order valence-electron chi connectivity index (χ0n) is 16.1. The summed E-state index contributed by atoms with van der Waals surface area (Å²) in [5, 5.41) is 12.6. The minimum atomic E-state index is -1.20. The number of unbranched alkanes of at least 4 members (excludes halogenated alkanes) is 1. The van der Waals surface area contributed by atoms with Gasteiger partial charge in [-0.1, -0.05) is 62.2 Å². The standard InChI is InChI=1S/C22H23N3O4/c1-2-3-13-18(25-14-23-17-12-8-7-11-16(17)21(25)27)20(26)24-19(22(28)29)15-9-5-4-6-10-15/h4-12,14,18-19H,2-3,13H2,1H3,(H,24,26)(H,28,29). The van der Waals surface area contributed by atoms with Gasteiger partial charge in [-0.05, 0) is 24.1 Å². The average Bonchev–Trinajstić information content (AvgIpc) is 2.74. The van der Waals surface area contributed by atoms with Crippen LogP contribution in [0.4, 0.5) is 0 Å². The maximum atomic E-state index is 13.1. The number of hydrogen-bond donors (Lipinski definition) is 2. The number of nitrogens with zero attached hydrogens (tertiary/aromatic N) is 2. The summed E-state index contributed by atoms with van der Waals surface area (Å²) < 4.78 is 1.30. The molecular weight excluding hydrogens is 370 g/mol. The minimum Gasteiger partial charge on any atom is -0.479 e. The number of rotatable bonds is 8. The molecule has 2 N–H and O–H groups in total. The predicted octanol–water partition coefficient (Wildman–Crippen LogP) is 3.07. The molecule has 2 unspecified atom stereocenters. The molecule has 1 amide bonds. The van der Waals surface area contributed by atoms with Crippen LogP contribution < -0.4 is 10.9 Å². The van der Waals surface area contributed by atoms with Gasteiger partial charge in [-0.25, -0.2) is 9.78 Å². The zero-order valence-corrected chi connectivity index (χ0v) is 16.1. The third-order valence-corrected chi connectivity index (χ3v) is 4.83. The molecule has 7 nitrogen and oxygen atoms in total. The van der Waals surface area contributed by atoms with E-state index < -0.39 is 24.0 Å². The molecule has 7 heteroatoms. The van der Waals surface area contributed by atoms with Crippen LogP contribution in [-0.2, 0) is 9.59 Å². The number of carbonyl (C=O) groups is 2. The second-order valence-corrected chi connectivity index (χ2v) is 6.82. The van der Waals surface area contributed by atoms with Gasteiger partial charge in [0, 0.05) is 0 Å². The summed E-state index contributed by atoms with van der Waals surface area (Å²) >= 11 is 0. The molecule has 2 atom stereocenters. The number of carboxylic acids is 1. The van der Waals surface area contributed by atoms with Crippen LogP contribution in [0.1, 0.15) is 43.8 Å². The van der Waals surface area contributed by atoms with Gasteiger partial charge >= 0.3 is 5.97 Å². The highest BCUT2D eigenvalue weighted by Crippen LogP contribution is 2.19. The lowest BCUT2D eigenvalue weighted by Gasteiger charge is -2.22. The minimum absolute atomic E-state index is 0.321. The zero-order chi connectivity index (χ0) is 20.8. The molecule has 0 spiro atoms. The highest BCUT2D eigenvalue weighted by atomic mass is 16.4. The lowest BCUT2D eigenvalue weighted by Crippen LogP contribution is -2.41. The Morgan fingerprint density at radius 1 is 1.10 bits per heavy atom. The van der Waals surface area contributed by atoms with Gasteiger partial charge in [-0.2, -0.15) is 0 Å². The van der Waals surface area contributed by atoms with E-state index in [-0.39, 0.29) is 5.56 Å². The van der Waals surface area contributed by atoms with Crippen molar-refractivity contribution in [2.75, 3.05) is 0 Å². The first-order valence-corrected chi connectivity index (χ1v) is 9.57. The number of amides is 1. The van der Waals surface area contributed by atoms with Crippen LogP contribution in [0.15, 0.2) is 65.7 Å². The van der Waals surface area contributed by atoms with Crippen LogP contribution in [0.25, 0.3) is 10.9 Å². The smallest absolute Gasteiger partial charge is 0.330 e. The third-order valence-electron chi connectivity index (χ3n) is 4.83. The molecule has 0 radical (unpaired) electrons. The van der Waals surface area contributed by atoms with E-state index in [0.29, 0.717) is 29.3 Å². The van der Waals surface area contributed by atoms with Crippen molar-refractivity contribution in [1.29, 1.82) is 0 Å². The largest absolute Gasteiger partial charge is 0.479 e. The summed E-state index contributed by atoms with van der Waals surface area (Å²) in [7, 11) is 0. The van der Waals surface area contributed by atoms with Crippen LogP contribution in [0.2, 0.25) is 0 Å². The fraction of sp³-hybridized carbons (Fsp3) is 0.273. The van der Waals surface area contributed by atoms with Crippen molar-refractivity contribution in [3.63, 3.8) is 0 Å². The number of carbonyl (C=O) groups excluding carboxylic acids is 1. The Morgan fingerprint density at radius 2 is 1.79 bits per heavy atom. The third kappa shape index (κ3) is 4.51.